The van der Waals surface area contributed by atoms with Gasteiger partial charge in [0.2, 0.25) is 5.91 Å². The van der Waals surface area contributed by atoms with Crippen LogP contribution >= 0.6 is 12.4 Å². The average molecular weight is 313 g/mol. The molecule has 0 bridgehead atoms. The quantitative estimate of drug-likeness (QED) is 0.932. The third-order valence-corrected chi connectivity index (χ3v) is 4.87. The van der Waals surface area contributed by atoms with Gasteiger partial charge in [-0.2, -0.15) is 0 Å². The molecule has 1 amide bonds. The Hall–Kier alpha value is -1.13. The molecule has 3 nitrogen and oxygen atoms in total. The molecule has 0 radical (unpaired) electrons. The first kappa shape index (κ1) is 16.2. The summed E-state index contributed by atoms with van der Waals surface area (Å²) in [6, 6.07) is 6.48. The lowest BCUT2D eigenvalue weighted by atomic mass is 9.90. The summed E-state index contributed by atoms with van der Waals surface area (Å²) >= 11 is 0. The topological polar surface area (TPSA) is 46.3 Å². The molecule has 1 aromatic rings. The van der Waals surface area contributed by atoms with Crippen molar-refractivity contribution in [2.24, 2.45) is 11.1 Å². The molecule has 3 rings (SSSR count). The second kappa shape index (κ2) is 5.58. The van der Waals surface area contributed by atoms with Crippen LogP contribution in [0.4, 0.5) is 4.39 Å². The molecule has 21 heavy (non-hydrogen) atoms. The fraction of sp³-hybridized carbons (Fsp3) is 0.562. The van der Waals surface area contributed by atoms with E-state index in [1.807, 2.05) is 11.0 Å². The Bertz CT molecular complexity index is 547. The van der Waals surface area contributed by atoms with Gasteiger partial charge in [-0.1, -0.05) is 19.1 Å². The highest BCUT2D eigenvalue weighted by Crippen LogP contribution is 2.50. The Morgan fingerprint density at radius 2 is 2.10 bits per heavy atom. The highest BCUT2D eigenvalue weighted by atomic mass is 35.5. The van der Waals surface area contributed by atoms with E-state index >= 15 is 0 Å². The molecule has 2 fully saturated rings. The number of amides is 1. The van der Waals surface area contributed by atoms with Gasteiger partial charge in [0.05, 0.1) is 5.41 Å². The molecule has 1 atom stereocenters. The van der Waals surface area contributed by atoms with E-state index in [9.17, 15) is 9.18 Å². The van der Waals surface area contributed by atoms with Gasteiger partial charge in [-0.25, -0.2) is 4.39 Å². The van der Waals surface area contributed by atoms with E-state index < -0.39 is 5.41 Å². The zero-order chi connectivity index (χ0) is 14.4. The third-order valence-electron chi connectivity index (χ3n) is 4.87. The summed E-state index contributed by atoms with van der Waals surface area (Å²) in [5.41, 5.74) is 6.19. The van der Waals surface area contributed by atoms with Crippen molar-refractivity contribution in [1.29, 1.82) is 0 Å². The van der Waals surface area contributed by atoms with Crippen molar-refractivity contribution in [3.8, 4) is 0 Å². The molecule has 1 heterocycles. The maximum atomic E-state index is 13.4. The highest BCUT2D eigenvalue weighted by molar-refractivity contribution is 5.91. The predicted octanol–water partition coefficient (Wildman–Crippen LogP) is 2.48. The van der Waals surface area contributed by atoms with Crippen LogP contribution in [0.2, 0.25) is 0 Å². The van der Waals surface area contributed by atoms with Crippen LogP contribution in [-0.4, -0.2) is 30.4 Å². The van der Waals surface area contributed by atoms with Crippen LogP contribution < -0.4 is 5.73 Å². The van der Waals surface area contributed by atoms with Crippen LogP contribution in [0.25, 0.3) is 0 Å². The Balaban J connectivity index is 0.00000161. The fourth-order valence-corrected chi connectivity index (χ4v) is 3.20. The molecular formula is C16H22ClFN2O. The lowest BCUT2D eigenvalue weighted by Crippen LogP contribution is -2.40. The normalized spacial score (nSPS) is 26.3. The van der Waals surface area contributed by atoms with E-state index in [0.717, 1.165) is 37.9 Å². The molecule has 0 spiro atoms. The van der Waals surface area contributed by atoms with Crippen molar-refractivity contribution in [2.75, 3.05) is 19.6 Å². The summed E-state index contributed by atoms with van der Waals surface area (Å²) in [5.74, 6) is -0.116. The van der Waals surface area contributed by atoms with Gasteiger partial charge in [-0.15, -0.1) is 12.4 Å². The second-order valence-corrected chi connectivity index (χ2v) is 6.58. The summed E-state index contributed by atoms with van der Waals surface area (Å²) in [6.07, 6.45) is 2.60. The van der Waals surface area contributed by atoms with Crippen molar-refractivity contribution >= 4 is 18.3 Å². The van der Waals surface area contributed by atoms with Crippen molar-refractivity contribution in [2.45, 2.75) is 31.6 Å². The van der Waals surface area contributed by atoms with Gasteiger partial charge in [0, 0.05) is 13.1 Å². The number of halogens is 2. The van der Waals surface area contributed by atoms with Crippen molar-refractivity contribution in [3.63, 3.8) is 0 Å². The molecule has 1 aromatic carbocycles. The van der Waals surface area contributed by atoms with Crippen molar-refractivity contribution < 1.29 is 9.18 Å². The van der Waals surface area contributed by atoms with E-state index in [1.54, 1.807) is 6.07 Å². The number of carbonyl (C=O) groups excluding carboxylic acids is 1. The molecule has 1 saturated carbocycles. The van der Waals surface area contributed by atoms with Gasteiger partial charge in [0.1, 0.15) is 5.82 Å². The average Bonchev–Trinajstić information content (AvgIpc) is 3.16. The number of hydrogen-bond donors (Lipinski definition) is 1. The fourth-order valence-electron chi connectivity index (χ4n) is 3.20. The third kappa shape index (κ3) is 2.79. The first-order valence-electron chi connectivity index (χ1n) is 7.25. The molecule has 1 saturated heterocycles. The molecule has 1 aliphatic heterocycles. The molecule has 5 heteroatoms. The number of carbonyl (C=O) groups is 1. The van der Waals surface area contributed by atoms with Crippen LogP contribution in [0.3, 0.4) is 0 Å². The minimum Gasteiger partial charge on any atom is -0.341 e. The number of nitrogens with zero attached hydrogens (tertiary/aromatic N) is 1. The number of likely N-dealkylation sites (tertiary alicyclic amines) is 1. The summed E-state index contributed by atoms with van der Waals surface area (Å²) in [6.45, 7) is 4.22. The van der Waals surface area contributed by atoms with Crippen molar-refractivity contribution in [1.82, 2.24) is 4.90 Å². The number of benzene rings is 1. The first-order valence-corrected chi connectivity index (χ1v) is 7.25. The summed E-state index contributed by atoms with van der Waals surface area (Å²) in [5, 5.41) is 0. The molecule has 1 unspecified atom stereocenters. The summed E-state index contributed by atoms with van der Waals surface area (Å²) < 4.78 is 13.4. The second-order valence-electron chi connectivity index (χ2n) is 6.58. The van der Waals surface area contributed by atoms with Crippen LogP contribution in [-0.2, 0) is 10.2 Å². The van der Waals surface area contributed by atoms with Gasteiger partial charge in [0.25, 0.3) is 0 Å². The molecular weight excluding hydrogens is 291 g/mol. The van der Waals surface area contributed by atoms with E-state index in [4.69, 9.17) is 5.73 Å². The summed E-state index contributed by atoms with van der Waals surface area (Å²) in [7, 11) is 0. The van der Waals surface area contributed by atoms with Gasteiger partial charge < -0.3 is 10.6 Å². The van der Waals surface area contributed by atoms with Crippen LogP contribution in [0.15, 0.2) is 24.3 Å². The zero-order valence-corrected chi connectivity index (χ0v) is 13.1. The largest absolute Gasteiger partial charge is 0.341 e. The van der Waals surface area contributed by atoms with Gasteiger partial charge in [0.15, 0.2) is 0 Å². The smallest absolute Gasteiger partial charge is 0.233 e. The predicted molar refractivity (Wildman–Crippen MR) is 82.9 cm³/mol. The van der Waals surface area contributed by atoms with Gasteiger partial charge >= 0.3 is 0 Å². The lowest BCUT2D eigenvalue weighted by molar-refractivity contribution is -0.133. The van der Waals surface area contributed by atoms with E-state index in [2.05, 4.69) is 6.92 Å². The van der Waals surface area contributed by atoms with Gasteiger partial charge in [-0.3, -0.25) is 4.79 Å². The number of rotatable bonds is 3. The van der Waals surface area contributed by atoms with Crippen LogP contribution in [0, 0.1) is 11.2 Å². The molecule has 1 aliphatic carbocycles. The number of nitrogens with two attached hydrogens (primary N) is 1. The lowest BCUT2D eigenvalue weighted by Gasteiger charge is -2.26. The molecule has 2 aliphatic rings. The van der Waals surface area contributed by atoms with Crippen LogP contribution in [0.5, 0.6) is 0 Å². The van der Waals surface area contributed by atoms with Crippen molar-refractivity contribution in [3.05, 3.63) is 35.6 Å². The summed E-state index contributed by atoms with van der Waals surface area (Å²) in [4.78, 5) is 14.7. The Morgan fingerprint density at radius 3 is 2.62 bits per heavy atom. The standard InChI is InChI=1S/C16H21FN2O.ClH/c1-15(10-18)7-8-19(11-15)14(20)16(5-6-16)12-3-2-4-13(17)9-12;/h2-4,9H,5-8,10-11,18H2,1H3;1H. The first-order chi connectivity index (χ1) is 9.49. The minimum absolute atomic E-state index is 0. The monoisotopic (exact) mass is 312 g/mol. The molecule has 0 aromatic heterocycles. The Kier molecular flexibility index (Phi) is 4.31. The maximum absolute atomic E-state index is 13.4. The highest BCUT2D eigenvalue weighted by Gasteiger charge is 2.54. The van der Waals surface area contributed by atoms with Gasteiger partial charge in [-0.05, 0) is 48.9 Å². The van der Waals surface area contributed by atoms with E-state index in [-0.39, 0.29) is 29.5 Å². The van der Waals surface area contributed by atoms with Crippen LogP contribution in [0.1, 0.15) is 31.7 Å². The zero-order valence-electron chi connectivity index (χ0n) is 12.3. The Morgan fingerprint density at radius 1 is 1.38 bits per heavy atom. The minimum atomic E-state index is -0.470. The SMILES string of the molecule is CC1(CN)CCN(C(=O)C2(c3cccc(F)c3)CC2)C1.Cl. The Labute approximate surface area is 131 Å². The number of hydrogen-bond acceptors (Lipinski definition) is 2. The maximum Gasteiger partial charge on any atom is 0.233 e. The molecule has 2 N–H and O–H groups in total. The molecule has 116 valence electrons. The van der Waals surface area contributed by atoms with E-state index in [1.165, 1.54) is 12.1 Å². The van der Waals surface area contributed by atoms with E-state index in [0.29, 0.717) is 6.54 Å².